The third-order valence-electron chi connectivity index (χ3n) is 7.42. The van der Waals surface area contributed by atoms with Crippen LogP contribution in [-0.2, 0) is 9.53 Å². The molecule has 0 amide bonds. The van der Waals surface area contributed by atoms with E-state index in [-0.39, 0.29) is 17.1 Å². The van der Waals surface area contributed by atoms with Gasteiger partial charge in [-0.25, -0.2) is 0 Å². The van der Waals surface area contributed by atoms with Crippen LogP contribution in [-0.4, -0.2) is 39.1 Å². The first-order valence-electron chi connectivity index (χ1n) is 8.95. The van der Waals surface area contributed by atoms with E-state index in [4.69, 9.17) is 4.74 Å². The van der Waals surface area contributed by atoms with Crippen LogP contribution in [0.25, 0.3) is 0 Å². The smallest absolute Gasteiger partial charge is 0.226 e. The Labute approximate surface area is 147 Å². The van der Waals surface area contributed by atoms with Crippen molar-refractivity contribution in [3.63, 3.8) is 0 Å². The Morgan fingerprint density at radius 3 is 2.56 bits per heavy atom. The van der Waals surface area contributed by atoms with Gasteiger partial charge in [-0.05, 0) is 38.2 Å². The number of hydrogen-bond acceptors (Lipinski definition) is 5. The summed E-state index contributed by atoms with van der Waals surface area (Å²) in [5.74, 6) is -0.264. The Kier molecular flexibility index (Phi) is 3.16. The van der Waals surface area contributed by atoms with Gasteiger partial charge in [0.1, 0.15) is 5.60 Å². The van der Waals surface area contributed by atoms with E-state index in [1.165, 1.54) is 0 Å². The van der Waals surface area contributed by atoms with Crippen molar-refractivity contribution in [3.05, 3.63) is 35.6 Å². The summed E-state index contributed by atoms with van der Waals surface area (Å²) in [6.45, 7) is 9.49. The Balaban J connectivity index is 2.03. The number of allylic oxidation sites excluding steroid dienone is 3. The fourth-order valence-corrected chi connectivity index (χ4v) is 5.48. The molecule has 0 aromatic rings. The lowest BCUT2D eigenvalue weighted by Crippen LogP contribution is -2.64. The molecule has 1 fully saturated rings. The molecule has 3 aliphatic carbocycles. The standard InChI is InChI=1S/C20H26O5/c1-5-17(2)8-9-20(24)11(10-17)13(22)14-15-18(3,16(23)25-14)7-6-12(21)19(15,20)4/h5,10,12,16,21,23-24H,1,6-9H2,2-4H3. The average Bonchev–Trinajstić information content (AvgIpc) is 2.85. The first-order chi connectivity index (χ1) is 11.5. The van der Waals surface area contributed by atoms with Crippen molar-refractivity contribution < 1.29 is 24.9 Å². The number of aliphatic hydroxyl groups excluding tert-OH is 2. The molecule has 5 nitrogen and oxygen atoms in total. The second-order valence-electron chi connectivity index (χ2n) is 8.81. The highest BCUT2D eigenvalue weighted by Gasteiger charge is 2.71. The van der Waals surface area contributed by atoms with E-state index >= 15 is 0 Å². The molecule has 1 aliphatic heterocycles. The van der Waals surface area contributed by atoms with Gasteiger partial charge in [-0.1, -0.05) is 26.0 Å². The summed E-state index contributed by atoms with van der Waals surface area (Å²) in [6.07, 6.45) is 3.54. The Morgan fingerprint density at radius 2 is 1.92 bits per heavy atom. The second kappa shape index (κ2) is 4.64. The number of ketones is 1. The molecule has 4 aliphatic rings. The zero-order valence-corrected chi connectivity index (χ0v) is 15.0. The van der Waals surface area contributed by atoms with E-state index in [2.05, 4.69) is 6.58 Å². The first kappa shape index (κ1) is 17.0. The Hall–Kier alpha value is -1.43. The Bertz CT molecular complexity index is 751. The summed E-state index contributed by atoms with van der Waals surface area (Å²) in [7, 11) is 0. The highest BCUT2D eigenvalue weighted by Crippen LogP contribution is 2.67. The van der Waals surface area contributed by atoms with Crippen LogP contribution in [0.4, 0.5) is 0 Å². The molecule has 6 unspecified atom stereocenters. The van der Waals surface area contributed by atoms with Gasteiger partial charge in [0.15, 0.2) is 5.76 Å². The van der Waals surface area contributed by atoms with Crippen molar-refractivity contribution >= 4 is 5.78 Å². The fraction of sp³-hybridized carbons (Fsp3) is 0.650. The molecule has 0 bridgehead atoms. The number of aliphatic hydroxyl groups is 3. The summed E-state index contributed by atoms with van der Waals surface area (Å²) in [5, 5.41) is 33.1. The first-order valence-corrected chi connectivity index (χ1v) is 8.95. The summed E-state index contributed by atoms with van der Waals surface area (Å²) in [4.78, 5) is 13.2. The van der Waals surface area contributed by atoms with Gasteiger partial charge < -0.3 is 20.1 Å². The van der Waals surface area contributed by atoms with Crippen LogP contribution < -0.4 is 0 Å². The molecular formula is C20H26O5. The van der Waals surface area contributed by atoms with Gasteiger partial charge in [0.2, 0.25) is 12.1 Å². The molecule has 4 rings (SSSR count). The minimum atomic E-state index is -1.47. The maximum Gasteiger partial charge on any atom is 0.226 e. The highest BCUT2D eigenvalue weighted by molar-refractivity contribution is 6.11. The molecule has 0 aromatic carbocycles. The second-order valence-corrected chi connectivity index (χ2v) is 8.81. The molecule has 0 aromatic heterocycles. The largest absolute Gasteiger partial charge is 0.460 e. The lowest BCUT2D eigenvalue weighted by molar-refractivity contribution is -0.153. The number of carbonyl (C=O) groups excluding carboxylic acids is 1. The number of Topliss-reactive ketones (excluding diaryl/α,β-unsaturated/α-hetero) is 1. The highest BCUT2D eigenvalue weighted by atomic mass is 16.6. The van der Waals surface area contributed by atoms with Crippen LogP contribution in [0.5, 0.6) is 0 Å². The van der Waals surface area contributed by atoms with Crippen LogP contribution in [0.2, 0.25) is 0 Å². The molecule has 1 saturated carbocycles. The molecule has 5 heteroatoms. The molecule has 0 radical (unpaired) electrons. The quantitative estimate of drug-likeness (QED) is 0.632. The predicted octanol–water partition coefficient (Wildman–Crippen LogP) is 1.98. The SMILES string of the molecule is C=CC1(C)C=C2C(=O)C3=C4C(C)(CCC(O)C4(C)C2(O)CC1)C(O)O3. The zero-order chi connectivity index (χ0) is 18.4. The van der Waals surface area contributed by atoms with Crippen molar-refractivity contribution in [2.75, 3.05) is 0 Å². The van der Waals surface area contributed by atoms with Gasteiger partial charge in [0.05, 0.1) is 16.9 Å². The normalized spacial score (nSPS) is 51.4. The molecule has 25 heavy (non-hydrogen) atoms. The van der Waals surface area contributed by atoms with Crippen molar-refractivity contribution in [1.82, 2.24) is 0 Å². The van der Waals surface area contributed by atoms with Gasteiger partial charge in [0.25, 0.3) is 0 Å². The van der Waals surface area contributed by atoms with E-state index in [9.17, 15) is 20.1 Å². The molecule has 3 N–H and O–H groups in total. The monoisotopic (exact) mass is 346 g/mol. The van der Waals surface area contributed by atoms with Crippen molar-refractivity contribution in [1.29, 1.82) is 0 Å². The lowest BCUT2D eigenvalue weighted by atomic mass is 9.46. The van der Waals surface area contributed by atoms with Crippen molar-refractivity contribution in [2.45, 2.75) is 64.4 Å². The van der Waals surface area contributed by atoms with E-state index in [1.54, 1.807) is 12.2 Å². The molecule has 1 heterocycles. The van der Waals surface area contributed by atoms with Crippen LogP contribution >= 0.6 is 0 Å². The fourth-order valence-electron chi connectivity index (χ4n) is 5.48. The summed E-state index contributed by atoms with van der Waals surface area (Å²) >= 11 is 0. The molecule has 0 saturated heterocycles. The van der Waals surface area contributed by atoms with Gasteiger partial charge in [-0.2, -0.15) is 0 Å². The maximum absolute atomic E-state index is 13.2. The average molecular weight is 346 g/mol. The number of ether oxygens (including phenoxy) is 1. The van der Waals surface area contributed by atoms with E-state index < -0.39 is 34.2 Å². The molecule has 6 atom stereocenters. The van der Waals surface area contributed by atoms with Crippen LogP contribution in [0.3, 0.4) is 0 Å². The number of rotatable bonds is 1. The van der Waals surface area contributed by atoms with Gasteiger partial charge in [-0.3, -0.25) is 4.79 Å². The van der Waals surface area contributed by atoms with Crippen molar-refractivity contribution in [2.24, 2.45) is 16.2 Å². The number of carbonyl (C=O) groups is 1. The van der Waals surface area contributed by atoms with E-state index in [0.29, 0.717) is 31.3 Å². The topological polar surface area (TPSA) is 87.0 Å². The van der Waals surface area contributed by atoms with Gasteiger partial charge in [-0.15, -0.1) is 6.58 Å². The minimum absolute atomic E-state index is 0.112. The third-order valence-corrected chi connectivity index (χ3v) is 7.42. The molecule has 0 spiro atoms. The summed E-state index contributed by atoms with van der Waals surface area (Å²) in [5.41, 5.74) is -2.85. The molecular weight excluding hydrogens is 320 g/mol. The van der Waals surface area contributed by atoms with Gasteiger partial charge >= 0.3 is 0 Å². The third kappa shape index (κ3) is 1.72. The molecule has 136 valence electrons. The number of fused-ring (bicyclic) bond motifs is 2. The van der Waals surface area contributed by atoms with Crippen molar-refractivity contribution in [3.8, 4) is 0 Å². The predicted molar refractivity (Wildman–Crippen MR) is 91.2 cm³/mol. The maximum atomic E-state index is 13.2. The summed E-state index contributed by atoms with van der Waals surface area (Å²) < 4.78 is 5.60. The van der Waals surface area contributed by atoms with E-state index in [0.717, 1.165) is 0 Å². The van der Waals surface area contributed by atoms with Crippen LogP contribution in [0.1, 0.15) is 46.5 Å². The number of hydrogen-bond donors (Lipinski definition) is 3. The zero-order valence-electron chi connectivity index (χ0n) is 15.0. The van der Waals surface area contributed by atoms with Crippen LogP contribution in [0, 0.1) is 16.2 Å². The van der Waals surface area contributed by atoms with E-state index in [1.807, 2.05) is 20.8 Å². The minimum Gasteiger partial charge on any atom is -0.460 e. The van der Waals surface area contributed by atoms with Crippen LogP contribution in [0.15, 0.2) is 35.6 Å². The Morgan fingerprint density at radius 1 is 1.24 bits per heavy atom. The van der Waals surface area contributed by atoms with Gasteiger partial charge in [0, 0.05) is 11.0 Å². The lowest BCUT2D eigenvalue weighted by Gasteiger charge is -2.59. The summed E-state index contributed by atoms with van der Waals surface area (Å²) in [6, 6.07) is 0.